The zero-order chi connectivity index (χ0) is 28.4. The number of hydrogen-bond donors (Lipinski definition) is 3. The summed E-state index contributed by atoms with van der Waals surface area (Å²) in [4.78, 5) is 13.6. The fourth-order valence-electron chi connectivity index (χ4n) is 5.37. The van der Waals surface area contributed by atoms with Gasteiger partial charge in [0.25, 0.3) is 0 Å². The minimum absolute atomic E-state index is 0. The van der Waals surface area contributed by atoms with Gasteiger partial charge in [0.1, 0.15) is 11.6 Å². The molecule has 2 aliphatic rings. The van der Waals surface area contributed by atoms with Gasteiger partial charge in [-0.15, -0.1) is 12.4 Å². The van der Waals surface area contributed by atoms with Gasteiger partial charge in [0.15, 0.2) is 0 Å². The van der Waals surface area contributed by atoms with Crippen LogP contribution in [-0.4, -0.2) is 48.3 Å². The van der Waals surface area contributed by atoms with Gasteiger partial charge in [-0.1, -0.05) is 18.6 Å². The monoisotopic (exact) mass is 612 g/mol. The molecule has 0 unspecified atom stereocenters. The molecule has 222 valence electrons. The molecule has 1 saturated heterocycles. The molecule has 1 aliphatic carbocycles. The Kier molecular flexibility index (Phi) is 9.10. The molecule has 0 spiro atoms. The smallest absolute Gasteiger partial charge is 0.233 e. The van der Waals surface area contributed by atoms with Gasteiger partial charge >= 0.3 is 0 Å². The molecule has 12 heteroatoms. The van der Waals surface area contributed by atoms with Crippen LogP contribution in [0.1, 0.15) is 37.7 Å². The number of sulfonamides is 1. The lowest BCUT2D eigenvalue weighted by Gasteiger charge is -2.25. The van der Waals surface area contributed by atoms with Crippen molar-refractivity contribution in [3.63, 3.8) is 0 Å². The van der Waals surface area contributed by atoms with Crippen LogP contribution in [0.25, 0.3) is 22.0 Å². The van der Waals surface area contributed by atoms with Crippen molar-refractivity contribution in [2.45, 2.75) is 45.1 Å². The van der Waals surface area contributed by atoms with Crippen molar-refractivity contribution >= 4 is 44.8 Å². The minimum atomic E-state index is -3.72. The molecule has 0 amide bonds. The van der Waals surface area contributed by atoms with E-state index in [2.05, 4.69) is 25.3 Å². The van der Waals surface area contributed by atoms with E-state index in [0.29, 0.717) is 39.6 Å². The first-order valence-electron chi connectivity index (χ1n) is 14.0. The number of fused-ring (bicyclic) bond motifs is 1. The standard InChI is InChI=1S/C30H33FN6O3S.ClH/c1-19-9-10-22-23(11-12-25(31)27(22)37-41(38,39)18-20-5-2-6-20)28(19)40-29-24(8-4-15-33-29)26-13-16-34-30(36-26)35-21-7-3-14-32-17-21;/h4,8-13,15-16,20-21,32,37H,2-3,5-7,14,17-18H2,1H3,(H,34,35,36);1H/t21-;/m0./s1. The number of rotatable bonds is 9. The van der Waals surface area contributed by atoms with Gasteiger partial charge in [0.05, 0.1) is 22.7 Å². The second-order valence-corrected chi connectivity index (χ2v) is 12.6. The van der Waals surface area contributed by atoms with Crippen molar-refractivity contribution in [2.75, 3.05) is 28.9 Å². The van der Waals surface area contributed by atoms with E-state index in [4.69, 9.17) is 9.72 Å². The number of benzene rings is 2. The summed E-state index contributed by atoms with van der Waals surface area (Å²) in [6, 6.07) is 12.1. The quantitative estimate of drug-likeness (QED) is 0.209. The third-order valence-corrected chi connectivity index (χ3v) is 9.19. The number of pyridine rings is 1. The van der Waals surface area contributed by atoms with Crippen LogP contribution in [-0.2, 0) is 10.0 Å². The van der Waals surface area contributed by atoms with Crippen LogP contribution in [0.15, 0.2) is 54.9 Å². The Balaban J connectivity index is 0.00000353. The van der Waals surface area contributed by atoms with E-state index in [1.165, 1.54) is 6.07 Å². The fourth-order valence-corrected chi connectivity index (χ4v) is 6.92. The number of halogens is 2. The third-order valence-electron chi connectivity index (χ3n) is 7.77. The second kappa shape index (κ2) is 12.8. The number of nitrogens with one attached hydrogen (secondary N) is 3. The first-order chi connectivity index (χ1) is 19.9. The first kappa shape index (κ1) is 29.9. The molecule has 4 aromatic rings. The minimum Gasteiger partial charge on any atom is -0.437 e. The summed E-state index contributed by atoms with van der Waals surface area (Å²) in [5.74, 6) is 0.776. The molecule has 3 heterocycles. The SMILES string of the molecule is Cc1ccc2c(NS(=O)(=O)CC3CCC3)c(F)ccc2c1Oc1ncccc1-c1ccnc(N[C@H]2CCCNC2)n1.Cl. The molecule has 42 heavy (non-hydrogen) atoms. The molecule has 9 nitrogen and oxygen atoms in total. The molecule has 6 rings (SSSR count). The molecular weight excluding hydrogens is 579 g/mol. The van der Waals surface area contributed by atoms with Gasteiger partial charge in [0.2, 0.25) is 21.9 Å². The molecule has 1 atom stereocenters. The molecule has 1 saturated carbocycles. The summed E-state index contributed by atoms with van der Waals surface area (Å²) < 4.78 is 49.7. The Labute approximate surface area is 251 Å². The lowest BCUT2D eigenvalue weighted by atomic mass is 9.87. The number of anilines is 2. The summed E-state index contributed by atoms with van der Waals surface area (Å²) in [7, 11) is -3.72. The maximum Gasteiger partial charge on any atom is 0.233 e. The normalized spacial score (nSPS) is 17.2. The highest BCUT2D eigenvalue weighted by atomic mass is 35.5. The van der Waals surface area contributed by atoms with Gasteiger partial charge in [-0.05, 0) is 81.0 Å². The van der Waals surface area contributed by atoms with Crippen LogP contribution in [0, 0.1) is 18.7 Å². The van der Waals surface area contributed by atoms with Crippen molar-refractivity contribution in [1.29, 1.82) is 0 Å². The maximum atomic E-state index is 15.0. The Bertz CT molecular complexity index is 1680. The summed E-state index contributed by atoms with van der Waals surface area (Å²) in [6.07, 6.45) is 8.26. The van der Waals surface area contributed by atoms with E-state index >= 15 is 4.39 Å². The van der Waals surface area contributed by atoms with Crippen molar-refractivity contribution in [1.82, 2.24) is 20.3 Å². The Morgan fingerprint density at radius 1 is 1.02 bits per heavy atom. The number of hydrogen-bond acceptors (Lipinski definition) is 8. The maximum absolute atomic E-state index is 15.0. The number of piperidine rings is 1. The Morgan fingerprint density at radius 2 is 1.86 bits per heavy atom. The van der Waals surface area contributed by atoms with Gasteiger partial charge in [-0.3, -0.25) is 4.72 Å². The molecule has 2 fully saturated rings. The third kappa shape index (κ3) is 6.58. The van der Waals surface area contributed by atoms with Gasteiger partial charge in [-0.25, -0.2) is 27.8 Å². The zero-order valence-electron chi connectivity index (χ0n) is 23.3. The summed E-state index contributed by atoms with van der Waals surface area (Å²) in [5, 5.41) is 7.77. The van der Waals surface area contributed by atoms with Crippen LogP contribution in [0.5, 0.6) is 11.6 Å². The van der Waals surface area contributed by atoms with E-state index in [1.54, 1.807) is 36.7 Å². The summed E-state index contributed by atoms with van der Waals surface area (Å²) >= 11 is 0. The highest BCUT2D eigenvalue weighted by Gasteiger charge is 2.26. The van der Waals surface area contributed by atoms with Crippen molar-refractivity contribution in [3.05, 3.63) is 66.2 Å². The Hall–Kier alpha value is -3.54. The van der Waals surface area contributed by atoms with Crippen molar-refractivity contribution in [3.8, 4) is 22.9 Å². The number of aromatic nitrogens is 3. The van der Waals surface area contributed by atoms with Gasteiger partial charge in [-0.2, -0.15) is 0 Å². The number of aryl methyl sites for hydroxylation is 1. The van der Waals surface area contributed by atoms with E-state index in [0.717, 1.165) is 50.8 Å². The van der Waals surface area contributed by atoms with E-state index < -0.39 is 15.8 Å². The first-order valence-corrected chi connectivity index (χ1v) is 15.7. The highest BCUT2D eigenvalue weighted by Crippen LogP contribution is 2.40. The zero-order valence-corrected chi connectivity index (χ0v) is 24.9. The average molecular weight is 613 g/mol. The van der Waals surface area contributed by atoms with Gasteiger partial charge in [0, 0.05) is 35.8 Å². The molecule has 2 aromatic carbocycles. The second-order valence-electron chi connectivity index (χ2n) is 10.8. The van der Waals surface area contributed by atoms with Crippen molar-refractivity contribution in [2.24, 2.45) is 5.92 Å². The predicted molar refractivity (Wildman–Crippen MR) is 165 cm³/mol. The summed E-state index contributed by atoms with van der Waals surface area (Å²) in [6.45, 7) is 3.75. The van der Waals surface area contributed by atoms with E-state index in [1.807, 2.05) is 19.1 Å². The Morgan fingerprint density at radius 3 is 2.62 bits per heavy atom. The molecule has 2 aromatic heterocycles. The number of nitrogens with zero attached hydrogens (tertiary/aromatic N) is 3. The molecule has 0 bridgehead atoms. The number of ether oxygens (including phenoxy) is 1. The van der Waals surface area contributed by atoms with E-state index in [-0.39, 0.29) is 35.8 Å². The molecule has 0 radical (unpaired) electrons. The van der Waals surface area contributed by atoms with Crippen LogP contribution in [0.2, 0.25) is 0 Å². The van der Waals surface area contributed by atoms with Crippen LogP contribution < -0.4 is 20.1 Å². The van der Waals surface area contributed by atoms with Crippen LogP contribution >= 0.6 is 12.4 Å². The highest BCUT2D eigenvalue weighted by molar-refractivity contribution is 7.92. The average Bonchev–Trinajstić information content (AvgIpc) is 2.95. The largest absolute Gasteiger partial charge is 0.437 e. The molecule has 1 aliphatic heterocycles. The van der Waals surface area contributed by atoms with E-state index in [9.17, 15) is 8.42 Å². The summed E-state index contributed by atoms with van der Waals surface area (Å²) in [5.41, 5.74) is 2.03. The fraction of sp³-hybridized carbons (Fsp3) is 0.367. The lowest BCUT2D eigenvalue weighted by molar-refractivity contribution is 0.347. The van der Waals surface area contributed by atoms with Crippen LogP contribution in [0.3, 0.4) is 0 Å². The van der Waals surface area contributed by atoms with Gasteiger partial charge < -0.3 is 15.4 Å². The lowest BCUT2D eigenvalue weighted by Crippen LogP contribution is -2.38. The molecule has 3 N–H and O–H groups in total. The predicted octanol–water partition coefficient (Wildman–Crippen LogP) is 6.06. The topological polar surface area (TPSA) is 118 Å². The van der Waals surface area contributed by atoms with Crippen molar-refractivity contribution < 1.29 is 17.5 Å². The van der Waals surface area contributed by atoms with Crippen LogP contribution in [0.4, 0.5) is 16.0 Å². The molecular formula is C30H34ClFN6O3S.